The van der Waals surface area contributed by atoms with Crippen molar-refractivity contribution in [1.29, 1.82) is 0 Å². The molecule has 1 fully saturated rings. The summed E-state index contributed by atoms with van der Waals surface area (Å²) in [4.78, 5) is 13.1. The summed E-state index contributed by atoms with van der Waals surface area (Å²) in [5.41, 5.74) is 0.379. The molecule has 1 aliphatic heterocycles. The van der Waals surface area contributed by atoms with Crippen LogP contribution in [0.5, 0.6) is 0 Å². The molecule has 8 heteroatoms. The van der Waals surface area contributed by atoms with E-state index < -0.39 is 32.6 Å². The fraction of sp³-hybridized carbons (Fsp3) is 0.500. The minimum Gasteiger partial charge on any atom is -0.318 e. The molecule has 0 aromatic heterocycles. The van der Waals surface area contributed by atoms with Gasteiger partial charge in [0.05, 0.1) is 0 Å². The van der Waals surface area contributed by atoms with Crippen molar-refractivity contribution in [2.75, 3.05) is 24.3 Å². The van der Waals surface area contributed by atoms with Crippen molar-refractivity contribution in [1.82, 2.24) is 4.90 Å². The molecule has 122 valence electrons. The number of halogens is 2. The van der Waals surface area contributed by atoms with Crippen LogP contribution in [0.15, 0.2) is 24.3 Å². The minimum absolute atomic E-state index is 0.00267. The van der Waals surface area contributed by atoms with Crippen molar-refractivity contribution in [3.63, 3.8) is 0 Å². The van der Waals surface area contributed by atoms with Gasteiger partial charge in [0, 0.05) is 29.9 Å². The Morgan fingerprint density at radius 3 is 2.45 bits per heavy atom. The average molecular weight is 349 g/mol. The lowest BCUT2D eigenvalue weighted by atomic mass is 10.1. The molecule has 22 heavy (non-hydrogen) atoms. The van der Waals surface area contributed by atoms with E-state index in [0.717, 1.165) is 16.7 Å². The molecule has 1 atom stereocenters. The quantitative estimate of drug-likeness (QED) is 0.838. The lowest BCUT2D eigenvalue weighted by Gasteiger charge is -2.36. The van der Waals surface area contributed by atoms with E-state index in [9.17, 15) is 22.0 Å². The summed E-state index contributed by atoms with van der Waals surface area (Å²) in [5, 5.41) is -1.20. The van der Waals surface area contributed by atoms with Gasteiger partial charge < -0.3 is 4.90 Å². The smallest absolute Gasteiger partial charge is 0.318 e. The predicted octanol–water partition coefficient (Wildman–Crippen LogP) is 2.03. The molecule has 1 aromatic carbocycles. The highest BCUT2D eigenvalue weighted by Crippen LogP contribution is 2.33. The van der Waals surface area contributed by atoms with Gasteiger partial charge in [0.15, 0.2) is 9.84 Å². The van der Waals surface area contributed by atoms with E-state index in [-0.39, 0.29) is 12.3 Å². The summed E-state index contributed by atoms with van der Waals surface area (Å²) in [5.74, 6) is -4.62. The maximum Gasteiger partial charge on any atom is 0.350 e. The number of alkyl halides is 2. The molecule has 0 aliphatic carbocycles. The average Bonchev–Trinajstić information content (AvgIpc) is 2.46. The minimum atomic E-state index is -3.74. The standard InChI is InChI=1S/C14H17F2NO3S2/c1-10-3-5-11(6-4-10)14(15,16)13(18)17-7-8-21-9-12(17)22(2,19)20/h3-6,12H,7-9H2,1-2H3/t12-/m1/s1. The van der Waals surface area contributed by atoms with Crippen LogP contribution >= 0.6 is 11.8 Å². The molecular formula is C14H17F2NO3S2. The van der Waals surface area contributed by atoms with Gasteiger partial charge in [-0.1, -0.05) is 29.8 Å². The molecule has 1 amide bonds. The number of amides is 1. The molecule has 0 bridgehead atoms. The SMILES string of the molecule is Cc1ccc(C(F)(F)C(=O)N2CCSC[C@H]2S(C)(=O)=O)cc1. The molecule has 2 rings (SSSR count). The number of benzene rings is 1. The number of aryl methyl sites for hydroxylation is 1. The van der Waals surface area contributed by atoms with Crippen molar-refractivity contribution < 1.29 is 22.0 Å². The Balaban J connectivity index is 2.33. The van der Waals surface area contributed by atoms with Crippen LogP contribution in [0, 0.1) is 6.92 Å². The van der Waals surface area contributed by atoms with Gasteiger partial charge in [-0.15, -0.1) is 0 Å². The van der Waals surface area contributed by atoms with E-state index in [1.54, 1.807) is 6.92 Å². The van der Waals surface area contributed by atoms with Crippen molar-refractivity contribution in [3.8, 4) is 0 Å². The number of rotatable bonds is 3. The zero-order valence-electron chi connectivity index (χ0n) is 12.3. The first kappa shape index (κ1) is 17.2. The number of hydrogen-bond donors (Lipinski definition) is 0. The van der Waals surface area contributed by atoms with Crippen LogP contribution in [0.1, 0.15) is 11.1 Å². The normalized spacial score (nSPS) is 20.0. The Morgan fingerprint density at radius 2 is 1.91 bits per heavy atom. The summed E-state index contributed by atoms with van der Waals surface area (Å²) in [7, 11) is -3.62. The summed E-state index contributed by atoms with van der Waals surface area (Å²) < 4.78 is 52.4. The van der Waals surface area contributed by atoms with Gasteiger partial charge in [-0.3, -0.25) is 4.79 Å². The topological polar surface area (TPSA) is 54.5 Å². The molecule has 1 heterocycles. The van der Waals surface area contributed by atoms with Crippen LogP contribution in [0.4, 0.5) is 8.78 Å². The van der Waals surface area contributed by atoms with Gasteiger partial charge in [0.1, 0.15) is 5.37 Å². The van der Waals surface area contributed by atoms with Gasteiger partial charge >= 0.3 is 5.92 Å². The van der Waals surface area contributed by atoms with Gasteiger partial charge in [-0.25, -0.2) is 8.42 Å². The van der Waals surface area contributed by atoms with Crippen molar-refractivity contribution in [3.05, 3.63) is 35.4 Å². The Morgan fingerprint density at radius 1 is 1.32 bits per heavy atom. The maximum atomic E-state index is 14.4. The molecule has 1 aromatic rings. The number of nitrogens with zero attached hydrogens (tertiary/aromatic N) is 1. The first-order chi connectivity index (χ1) is 10.1. The summed E-state index contributed by atoms with van der Waals surface area (Å²) >= 11 is 1.34. The fourth-order valence-electron chi connectivity index (χ4n) is 2.23. The van der Waals surface area contributed by atoms with E-state index in [4.69, 9.17) is 0 Å². The third-order valence-corrected chi connectivity index (χ3v) is 6.17. The van der Waals surface area contributed by atoms with Gasteiger partial charge in [-0.05, 0) is 6.92 Å². The molecular weight excluding hydrogens is 332 g/mol. The maximum absolute atomic E-state index is 14.4. The van der Waals surface area contributed by atoms with Crippen LogP contribution < -0.4 is 0 Å². The highest BCUT2D eigenvalue weighted by atomic mass is 32.2. The highest BCUT2D eigenvalue weighted by Gasteiger charge is 2.48. The monoisotopic (exact) mass is 349 g/mol. The number of thioether (sulfide) groups is 1. The Bertz CT molecular complexity index is 659. The van der Waals surface area contributed by atoms with E-state index in [2.05, 4.69) is 0 Å². The van der Waals surface area contributed by atoms with Crippen LogP contribution in [-0.4, -0.2) is 48.9 Å². The van der Waals surface area contributed by atoms with Crippen LogP contribution in [0.2, 0.25) is 0 Å². The second-order valence-electron chi connectivity index (χ2n) is 5.30. The van der Waals surface area contributed by atoms with Crippen LogP contribution in [-0.2, 0) is 20.6 Å². The highest BCUT2D eigenvalue weighted by molar-refractivity contribution is 8.00. The third kappa shape index (κ3) is 3.43. The number of carbonyl (C=O) groups is 1. The van der Waals surface area contributed by atoms with Crippen LogP contribution in [0.25, 0.3) is 0 Å². The molecule has 1 saturated heterocycles. The molecule has 0 spiro atoms. The number of sulfone groups is 1. The molecule has 0 unspecified atom stereocenters. The fourth-order valence-corrected chi connectivity index (χ4v) is 5.05. The second kappa shape index (κ2) is 6.16. The third-order valence-electron chi connectivity index (χ3n) is 3.52. The van der Waals surface area contributed by atoms with Crippen LogP contribution in [0.3, 0.4) is 0 Å². The Kier molecular flexibility index (Phi) is 4.81. The predicted molar refractivity (Wildman–Crippen MR) is 82.7 cm³/mol. The molecule has 0 radical (unpaired) electrons. The number of carbonyl (C=O) groups excluding carboxylic acids is 1. The van der Waals surface area contributed by atoms with Crippen molar-refractivity contribution in [2.45, 2.75) is 18.2 Å². The Hall–Kier alpha value is -1.15. The Labute approximate surface area is 132 Å². The van der Waals surface area contributed by atoms with Gasteiger partial charge in [0.2, 0.25) is 0 Å². The lowest BCUT2D eigenvalue weighted by molar-refractivity contribution is -0.159. The first-order valence-electron chi connectivity index (χ1n) is 6.66. The molecule has 1 aliphatic rings. The summed E-state index contributed by atoms with van der Waals surface area (Å²) in [6.45, 7) is 1.76. The van der Waals surface area contributed by atoms with Gasteiger partial charge in [0.25, 0.3) is 5.91 Å². The lowest BCUT2D eigenvalue weighted by Crippen LogP contribution is -2.54. The number of hydrogen-bond acceptors (Lipinski definition) is 4. The van der Waals surface area contributed by atoms with Crippen molar-refractivity contribution >= 4 is 27.5 Å². The van der Waals surface area contributed by atoms with E-state index in [1.807, 2.05) is 0 Å². The largest absolute Gasteiger partial charge is 0.350 e. The van der Waals surface area contributed by atoms with E-state index >= 15 is 0 Å². The van der Waals surface area contributed by atoms with Gasteiger partial charge in [-0.2, -0.15) is 20.5 Å². The second-order valence-corrected chi connectivity index (χ2v) is 8.65. The zero-order valence-corrected chi connectivity index (χ0v) is 13.9. The van der Waals surface area contributed by atoms with E-state index in [0.29, 0.717) is 5.75 Å². The van der Waals surface area contributed by atoms with E-state index in [1.165, 1.54) is 36.0 Å². The van der Waals surface area contributed by atoms with Crippen molar-refractivity contribution in [2.24, 2.45) is 0 Å². The molecule has 0 N–H and O–H groups in total. The zero-order chi connectivity index (χ0) is 16.5. The molecule has 4 nitrogen and oxygen atoms in total. The summed E-state index contributed by atoms with van der Waals surface area (Å²) in [6, 6.07) is 5.38. The first-order valence-corrected chi connectivity index (χ1v) is 9.77. The molecule has 0 saturated carbocycles. The summed E-state index contributed by atoms with van der Waals surface area (Å²) in [6.07, 6.45) is 0.966.